The number of hydrogen-bond acceptors (Lipinski definition) is 2. The summed E-state index contributed by atoms with van der Waals surface area (Å²) < 4.78 is 0. The van der Waals surface area contributed by atoms with Crippen molar-refractivity contribution < 1.29 is 9.90 Å². The minimum Gasteiger partial charge on any atom is -0.393 e. The molecule has 1 amide bonds. The maximum absolute atomic E-state index is 11.9. The minimum absolute atomic E-state index is 0.0203. The number of nitrogens with one attached hydrogen (secondary N) is 1. The Balaban J connectivity index is 2.47. The summed E-state index contributed by atoms with van der Waals surface area (Å²) in [5.41, 5.74) is 1.83. The smallest absolute Gasteiger partial charge is 0.251 e. The van der Waals surface area contributed by atoms with E-state index in [1.54, 1.807) is 6.92 Å². The lowest BCUT2D eigenvalue weighted by Gasteiger charge is -2.09. The van der Waals surface area contributed by atoms with Gasteiger partial charge in [-0.2, -0.15) is 0 Å². The zero-order valence-corrected chi connectivity index (χ0v) is 10.6. The Morgan fingerprint density at radius 1 is 1.41 bits per heavy atom. The third-order valence-electron chi connectivity index (χ3n) is 2.73. The van der Waals surface area contributed by atoms with Gasteiger partial charge in [-0.05, 0) is 37.8 Å². The van der Waals surface area contributed by atoms with Gasteiger partial charge < -0.3 is 10.4 Å². The first kappa shape index (κ1) is 13.7. The SMILES string of the molecule is CCc1ccccc1C(=O)NCCCC(C)O. The summed E-state index contributed by atoms with van der Waals surface area (Å²) in [7, 11) is 0. The number of carbonyl (C=O) groups is 1. The number of amides is 1. The van der Waals surface area contributed by atoms with E-state index in [1.165, 1.54) is 0 Å². The first-order chi connectivity index (χ1) is 8.15. The van der Waals surface area contributed by atoms with Gasteiger partial charge >= 0.3 is 0 Å². The Kier molecular flexibility index (Phi) is 5.70. The van der Waals surface area contributed by atoms with E-state index in [-0.39, 0.29) is 12.0 Å². The maximum atomic E-state index is 11.9. The summed E-state index contributed by atoms with van der Waals surface area (Å²) in [6.07, 6.45) is 2.08. The molecule has 3 nitrogen and oxygen atoms in total. The Morgan fingerprint density at radius 2 is 2.12 bits per heavy atom. The second kappa shape index (κ2) is 7.07. The first-order valence-corrected chi connectivity index (χ1v) is 6.19. The molecule has 1 aromatic rings. The molecule has 0 aliphatic rings. The van der Waals surface area contributed by atoms with E-state index in [9.17, 15) is 4.79 Å². The van der Waals surface area contributed by atoms with E-state index < -0.39 is 0 Å². The highest BCUT2D eigenvalue weighted by Crippen LogP contribution is 2.09. The fourth-order valence-electron chi connectivity index (χ4n) is 1.74. The van der Waals surface area contributed by atoms with E-state index >= 15 is 0 Å². The van der Waals surface area contributed by atoms with Gasteiger partial charge in [0.15, 0.2) is 0 Å². The molecular formula is C14H21NO2. The highest BCUT2D eigenvalue weighted by atomic mass is 16.3. The third kappa shape index (κ3) is 4.57. The van der Waals surface area contributed by atoms with Crippen molar-refractivity contribution in [2.45, 2.75) is 39.2 Å². The van der Waals surface area contributed by atoms with Gasteiger partial charge in [-0.1, -0.05) is 25.1 Å². The molecule has 1 aromatic carbocycles. The number of carbonyl (C=O) groups excluding carboxylic acids is 1. The first-order valence-electron chi connectivity index (χ1n) is 6.19. The van der Waals surface area contributed by atoms with Crippen LogP contribution in [0.4, 0.5) is 0 Å². The summed E-state index contributed by atoms with van der Waals surface area (Å²) in [5, 5.41) is 12.0. The van der Waals surface area contributed by atoms with Crippen molar-refractivity contribution in [3.63, 3.8) is 0 Å². The zero-order valence-electron chi connectivity index (χ0n) is 10.6. The summed E-state index contributed by atoms with van der Waals surface area (Å²) in [5.74, 6) is -0.0203. The van der Waals surface area contributed by atoms with Crippen LogP contribution in [-0.2, 0) is 6.42 Å². The summed E-state index contributed by atoms with van der Waals surface area (Å²) >= 11 is 0. The molecule has 0 aliphatic carbocycles. The maximum Gasteiger partial charge on any atom is 0.251 e. The molecule has 17 heavy (non-hydrogen) atoms. The molecular weight excluding hydrogens is 214 g/mol. The quantitative estimate of drug-likeness (QED) is 0.742. The molecule has 2 N–H and O–H groups in total. The average Bonchev–Trinajstić information content (AvgIpc) is 2.34. The van der Waals surface area contributed by atoms with Crippen molar-refractivity contribution in [2.24, 2.45) is 0 Å². The largest absolute Gasteiger partial charge is 0.393 e. The Labute approximate surface area is 103 Å². The number of benzene rings is 1. The van der Waals surface area contributed by atoms with Crippen LogP contribution in [0.5, 0.6) is 0 Å². The second-order valence-electron chi connectivity index (χ2n) is 4.26. The molecule has 1 unspecified atom stereocenters. The van der Waals surface area contributed by atoms with Crippen molar-refractivity contribution in [3.05, 3.63) is 35.4 Å². The Hall–Kier alpha value is -1.35. The predicted octanol–water partition coefficient (Wildman–Crippen LogP) is 2.14. The number of aryl methyl sites for hydroxylation is 1. The van der Waals surface area contributed by atoms with Crippen LogP contribution in [0.15, 0.2) is 24.3 Å². The number of aliphatic hydroxyl groups is 1. The van der Waals surface area contributed by atoms with E-state index in [2.05, 4.69) is 5.32 Å². The van der Waals surface area contributed by atoms with Crippen molar-refractivity contribution in [1.29, 1.82) is 0 Å². The zero-order chi connectivity index (χ0) is 12.7. The van der Waals surface area contributed by atoms with Gasteiger partial charge in [0.2, 0.25) is 0 Å². The van der Waals surface area contributed by atoms with E-state index in [4.69, 9.17) is 5.11 Å². The molecule has 0 saturated heterocycles. The molecule has 0 aromatic heterocycles. The van der Waals surface area contributed by atoms with Gasteiger partial charge in [-0.15, -0.1) is 0 Å². The summed E-state index contributed by atoms with van der Waals surface area (Å²) in [6.45, 7) is 4.41. The molecule has 1 atom stereocenters. The normalized spacial score (nSPS) is 12.2. The van der Waals surface area contributed by atoms with Crippen LogP contribution in [0.3, 0.4) is 0 Å². The molecule has 0 saturated carbocycles. The Morgan fingerprint density at radius 3 is 2.76 bits per heavy atom. The van der Waals surface area contributed by atoms with Gasteiger partial charge in [0.05, 0.1) is 6.10 Å². The van der Waals surface area contributed by atoms with E-state index in [0.717, 1.165) is 30.4 Å². The van der Waals surface area contributed by atoms with E-state index in [1.807, 2.05) is 31.2 Å². The van der Waals surface area contributed by atoms with Crippen molar-refractivity contribution in [3.8, 4) is 0 Å². The molecule has 0 spiro atoms. The lowest BCUT2D eigenvalue weighted by Crippen LogP contribution is -2.26. The number of hydrogen-bond donors (Lipinski definition) is 2. The molecule has 94 valence electrons. The van der Waals surface area contributed by atoms with Crippen LogP contribution in [0.25, 0.3) is 0 Å². The lowest BCUT2D eigenvalue weighted by atomic mass is 10.0. The molecule has 0 radical (unpaired) electrons. The molecule has 0 aliphatic heterocycles. The number of rotatable bonds is 6. The third-order valence-corrected chi connectivity index (χ3v) is 2.73. The topological polar surface area (TPSA) is 49.3 Å². The standard InChI is InChI=1S/C14H21NO2/c1-3-12-8-4-5-9-13(12)14(17)15-10-6-7-11(2)16/h4-5,8-9,11,16H,3,6-7,10H2,1-2H3,(H,15,17). The summed E-state index contributed by atoms with van der Waals surface area (Å²) in [4.78, 5) is 11.9. The average molecular weight is 235 g/mol. The molecule has 0 fully saturated rings. The van der Waals surface area contributed by atoms with Crippen LogP contribution in [0.1, 0.15) is 42.6 Å². The molecule has 0 bridgehead atoms. The van der Waals surface area contributed by atoms with Gasteiger partial charge in [0.25, 0.3) is 5.91 Å². The van der Waals surface area contributed by atoms with Gasteiger partial charge in [0.1, 0.15) is 0 Å². The van der Waals surface area contributed by atoms with Crippen LogP contribution in [0.2, 0.25) is 0 Å². The van der Waals surface area contributed by atoms with Crippen LogP contribution >= 0.6 is 0 Å². The molecule has 3 heteroatoms. The van der Waals surface area contributed by atoms with Crippen LogP contribution in [0, 0.1) is 0 Å². The Bertz CT molecular complexity index is 361. The van der Waals surface area contributed by atoms with Gasteiger partial charge in [0, 0.05) is 12.1 Å². The molecule has 1 rings (SSSR count). The monoisotopic (exact) mass is 235 g/mol. The minimum atomic E-state index is -0.296. The van der Waals surface area contributed by atoms with Crippen molar-refractivity contribution in [2.75, 3.05) is 6.54 Å². The van der Waals surface area contributed by atoms with Crippen molar-refractivity contribution in [1.82, 2.24) is 5.32 Å². The van der Waals surface area contributed by atoms with E-state index in [0.29, 0.717) is 6.54 Å². The van der Waals surface area contributed by atoms with Crippen LogP contribution in [-0.4, -0.2) is 23.7 Å². The lowest BCUT2D eigenvalue weighted by molar-refractivity contribution is 0.0948. The fourth-order valence-corrected chi connectivity index (χ4v) is 1.74. The predicted molar refractivity (Wildman–Crippen MR) is 69.1 cm³/mol. The summed E-state index contributed by atoms with van der Waals surface area (Å²) in [6, 6.07) is 7.65. The van der Waals surface area contributed by atoms with Crippen LogP contribution < -0.4 is 5.32 Å². The number of aliphatic hydroxyl groups excluding tert-OH is 1. The second-order valence-corrected chi connectivity index (χ2v) is 4.26. The fraction of sp³-hybridized carbons (Fsp3) is 0.500. The highest BCUT2D eigenvalue weighted by Gasteiger charge is 2.08. The van der Waals surface area contributed by atoms with Crippen molar-refractivity contribution >= 4 is 5.91 Å². The highest BCUT2D eigenvalue weighted by molar-refractivity contribution is 5.95. The van der Waals surface area contributed by atoms with Gasteiger partial charge in [-0.3, -0.25) is 4.79 Å². The molecule has 0 heterocycles. The van der Waals surface area contributed by atoms with Gasteiger partial charge in [-0.25, -0.2) is 0 Å².